The number of hydrogen-bond acceptors (Lipinski definition) is 3. The maximum Gasteiger partial charge on any atom is 0.191 e. The lowest BCUT2D eigenvalue weighted by Crippen LogP contribution is -2.51. The van der Waals surface area contributed by atoms with Crippen LogP contribution in [0.25, 0.3) is 10.9 Å². The van der Waals surface area contributed by atoms with Gasteiger partial charge in [-0.15, -0.1) is 24.0 Å². The molecule has 1 aliphatic heterocycles. The summed E-state index contributed by atoms with van der Waals surface area (Å²) in [7, 11) is 0. The van der Waals surface area contributed by atoms with Crippen LogP contribution in [0.15, 0.2) is 65.8 Å². The van der Waals surface area contributed by atoms with Crippen LogP contribution < -0.4 is 10.6 Å². The molecule has 0 radical (unpaired) electrons. The van der Waals surface area contributed by atoms with Gasteiger partial charge in [-0.1, -0.05) is 18.2 Å². The van der Waals surface area contributed by atoms with Crippen LogP contribution in [0.5, 0.6) is 0 Å². The fraction of sp³-hybridized carbons (Fsp3) is 0.238. The molecule has 1 fully saturated rings. The van der Waals surface area contributed by atoms with Crippen molar-refractivity contribution >= 4 is 46.5 Å². The van der Waals surface area contributed by atoms with Gasteiger partial charge in [-0.25, -0.2) is 9.38 Å². The standard InChI is InChI=1S/C21H22FN5.HI/c22-17-5-7-18(8-6-17)26-11-13-27(14-12-26)21(23)25-15-16-9-10-24-20-4-2-1-3-19(16)20;/h1-10H,11-15H2,(H2,23,25);1H. The van der Waals surface area contributed by atoms with E-state index in [2.05, 4.69) is 25.8 Å². The summed E-state index contributed by atoms with van der Waals surface area (Å²) >= 11 is 0. The van der Waals surface area contributed by atoms with Gasteiger partial charge in [0.25, 0.3) is 0 Å². The number of anilines is 1. The summed E-state index contributed by atoms with van der Waals surface area (Å²) in [6.45, 7) is 3.79. The van der Waals surface area contributed by atoms with Crippen molar-refractivity contribution < 1.29 is 4.39 Å². The van der Waals surface area contributed by atoms with Crippen molar-refractivity contribution in [2.45, 2.75) is 6.54 Å². The predicted octanol–water partition coefficient (Wildman–Crippen LogP) is 3.63. The Balaban J connectivity index is 0.00000225. The molecule has 0 aliphatic carbocycles. The summed E-state index contributed by atoms with van der Waals surface area (Å²) < 4.78 is 13.1. The van der Waals surface area contributed by atoms with Crippen molar-refractivity contribution in [1.82, 2.24) is 9.88 Å². The first-order valence-corrected chi connectivity index (χ1v) is 9.09. The number of fused-ring (bicyclic) bond motifs is 1. The Hall–Kier alpha value is -2.42. The largest absolute Gasteiger partial charge is 0.370 e. The Morgan fingerprint density at radius 3 is 2.46 bits per heavy atom. The molecule has 2 heterocycles. The van der Waals surface area contributed by atoms with Gasteiger partial charge in [0.15, 0.2) is 5.96 Å². The Morgan fingerprint density at radius 1 is 1.00 bits per heavy atom. The molecule has 1 saturated heterocycles. The molecule has 1 aromatic heterocycles. The molecule has 0 spiro atoms. The van der Waals surface area contributed by atoms with Crippen LogP contribution in [0.3, 0.4) is 0 Å². The van der Waals surface area contributed by atoms with E-state index in [0.717, 1.165) is 48.3 Å². The molecule has 28 heavy (non-hydrogen) atoms. The average molecular weight is 491 g/mol. The molecule has 7 heteroatoms. The molecule has 0 saturated carbocycles. The van der Waals surface area contributed by atoms with E-state index in [-0.39, 0.29) is 29.8 Å². The van der Waals surface area contributed by atoms with E-state index >= 15 is 0 Å². The van der Waals surface area contributed by atoms with Crippen molar-refractivity contribution in [1.29, 1.82) is 0 Å². The number of pyridine rings is 1. The second kappa shape index (κ2) is 9.18. The SMILES string of the molecule is I.NC(=NCc1ccnc2ccccc12)N1CCN(c2ccc(F)cc2)CC1. The third-order valence-electron chi connectivity index (χ3n) is 4.95. The Labute approximate surface area is 181 Å². The van der Waals surface area contributed by atoms with E-state index in [9.17, 15) is 4.39 Å². The smallest absolute Gasteiger partial charge is 0.191 e. The minimum absolute atomic E-state index is 0. The van der Waals surface area contributed by atoms with E-state index in [1.165, 1.54) is 12.1 Å². The summed E-state index contributed by atoms with van der Waals surface area (Å²) in [6.07, 6.45) is 1.81. The number of benzene rings is 2. The Morgan fingerprint density at radius 2 is 1.71 bits per heavy atom. The highest BCUT2D eigenvalue weighted by Gasteiger charge is 2.18. The van der Waals surface area contributed by atoms with Gasteiger partial charge in [-0.3, -0.25) is 4.98 Å². The maximum atomic E-state index is 13.1. The number of guanidine groups is 1. The van der Waals surface area contributed by atoms with Crippen molar-refractivity contribution in [3.63, 3.8) is 0 Å². The number of rotatable bonds is 3. The highest BCUT2D eigenvalue weighted by atomic mass is 127. The Kier molecular flexibility index (Phi) is 6.66. The van der Waals surface area contributed by atoms with Crippen LogP contribution in [0.1, 0.15) is 5.56 Å². The molecule has 0 unspecified atom stereocenters. The van der Waals surface area contributed by atoms with E-state index in [1.54, 1.807) is 0 Å². The van der Waals surface area contributed by atoms with Crippen molar-refractivity contribution in [3.8, 4) is 0 Å². The quantitative estimate of drug-likeness (QED) is 0.346. The predicted molar refractivity (Wildman–Crippen MR) is 123 cm³/mol. The molecule has 0 amide bonds. The Bertz CT molecular complexity index is 947. The zero-order chi connectivity index (χ0) is 18.6. The fourth-order valence-electron chi connectivity index (χ4n) is 3.40. The second-order valence-corrected chi connectivity index (χ2v) is 6.61. The second-order valence-electron chi connectivity index (χ2n) is 6.61. The lowest BCUT2D eigenvalue weighted by Gasteiger charge is -2.36. The van der Waals surface area contributed by atoms with Gasteiger partial charge in [0.1, 0.15) is 5.82 Å². The molecule has 4 rings (SSSR count). The van der Waals surface area contributed by atoms with Crippen LogP contribution in [0, 0.1) is 5.82 Å². The molecule has 0 atom stereocenters. The first-order valence-electron chi connectivity index (χ1n) is 9.09. The minimum atomic E-state index is -0.211. The molecule has 3 aromatic rings. The van der Waals surface area contributed by atoms with Gasteiger partial charge in [-0.2, -0.15) is 0 Å². The molecule has 2 aromatic carbocycles. The summed E-state index contributed by atoms with van der Waals surface area (Å²) in [5, 5.41) is 1.11. The maximum absolute atomic E-state index is 13.1. The average Bonchev–Trinajstić information content (AvgIpc) is 2.72. The summed E-state index contributed by atoms with van der Waals surface area (Å²) in [5.74, 6) is 0.354. The number of hydrogen-bond donors (Lipinski definition) is 1. The summed E-state index contributed by atoms with van der Waals surface area (Å²) in [5.41, 5.74) is 9.36. The summed E-state index contributed by atoms with van der Waals surface area (Å²) in [4.78, 5) is 13.3. The lowest BCUT2D eigenvalue weighted by atomic mass is 10.1. The van der Waals surface area contributed by atoms with Crippen LogP contribution in [-0.2, 0) is 6.54 Å². The number of halogens is 2. The van der Waals surface area contributed by atoms with Gasteiger partial charge < -0.3 is 15.5 Å². The van der Waals surface area contributed by atoms with Gasteiger partial charge in [0.2, 0.25) is 0 Å². The van der Waals surface area contributed by atoms with E-state index in [0.29, 0.717) is 12.5 Å². The number of para-hydroxylation sites is 1. The highest BCUT2D eigenvalue weighted by Crippen LogP contribution is 2.18. The number of nitrogens with two attached hydrogens (primary N) is 1. The molecular weight excluding hydrogens is 468 g/mol. The van der Waals surface area contributed by atoms with Crippen LogP contribution >= 0.6 is 24.0 Å². The van der Waals surface area contributed by atoms with Crippen molar-refractivity contribution in [2.24, 2.45) is 10.7 Å². The number of aliphatic imine (C=N–C) groups is 1. The van der Waals surface area contributed by atoms with Gasteiger partial charge in [0, 0.05) is 43.4 Å². The molecule has 146 valence electrons. The monoisotopic (exact) mass is 491 g/mol. The third-order valence-corrected chi connectivity index (χ3v) is 4.95. The number of nitrogens with zero attached hydrogens (tertiary/aromatic N) is 4. The van der Waals surface area contributed by atoms with Crippen LogP contribution in [0.2, 0.25) is 0 Å². The zero-order valence-corrected chi connectivity index (χ0v) is 17.8. The van der Waals surface area contributed by atoms with Gasteiger partial charge in [-0.05, 0) is 42.0 Å². The minimum Gasteiger partial charge on any atom is -0.370 e. The summed E-state index contributed by atoms with van der Waals surface area (Å²) in [6, 6.07) is 16.7. The molecule has 0 bridgehead atoms. The molecule has 2 N–H and O–H groups in total. The van der Waals surface area contributed by atoms with E-state index < -0.39 is 0 Å². The number of piperazine rings is 1. The molecule has 5 nitrogen and oxygen atoms in total. The molecular formula is C21H23FIN5. The van der Waals surface area contributed by atoms with Crippen molar-refractivity contribution in [2.75, 3.05) is 31.1 Å². The topological polar surface area (TPSA) is 57.8 Å². The first-order chi connectivity index (χ1) is 13.2. The zero-order valence-electron chi connectivity index (χ0n) is 15.5. The fourth-order valence-corrected chi connectivity index (χ4v) is 3.40. The molecule has 1 aliphatic rings. The normalized spacial score (nSPS) is 14.8. The van der Waals surface area contributed by atoms with Gasteiger partial charge >= 0.3 is 0 Å². The van der Waals surface area contributed by atoms with E-state index in [1.807, 2.05) is 42.6 Å². The number of aromatic nitrogens is 1. The van der Waals surface area contributed by atoms with Crippen LogP contribution in [-0.4, -0.2) is 42.0 Å². The third kappa shape index (κ3) is 4.52. The highest BCUT2D eigenvalue weighted by molar-refractivity contribution is 14.0. The van der Waals surface area contributed by atoms with E-state index in [4.69, 9.17) is 5.73 Å². The first kappa shape index (κ1) is 20.3. The van der Waals surface area contributed by atoms with Crippen molar-refractivity contribution in [3.05, 3.63) is 72.2 Å². The van der Waals surface area contributed by atoms with Gasteiger partial charge in [0.05, 0.1) is 12.1 Å². The lowest BCUT2D eigenvalue weighted by molar-refractivity contribution is 0.380. The van der Waals surface area contributed by atoms with Crippen LogP contribution in [0.4, 0.5) is 10.1 Å².